The fourth-order valence-electron chi connectivity index (χ4n) is 3.65. The molecule has 6 rings (SSSR count). The molecule has 3 aromatic carbocycles. The van der Waals surface area contributed by atoms with Crippen LogP contribution in [0.25, 0.3) is 45.0 Å². The van der Waals surface area contributed by atoms with Crippen LogP contribution in [-0.2, 0) is 20.1 Å². The molecule has 1 N–H and O–H groups in total. The molecule has 6 aromatic rings. The Labute approximate surface area is 243 Å². The molecule has 0 aliphatic carbocycles. The average molecular weight is 685 g/mol. The molecule has 5 heteroatoms. The van der Waals surface area contributed by atoms with Crippen molar-refractivity contribution in [2.24, 2.45) is 0 Å². The first-order valence-corrected chi connectivity index (χ1v) is 12.1. The van der Waals surface area contributed by atoms with Gasteiger partial charge >= 0.3 is 20.1 Å². The molecule has 0 bridgehead atoms. The third kappa shape index (κ3) is 8.36. The standard InChI is InChI=1S/C22H14N2.C11H8N.CH4O.Ir/c1-2-8-17(9-3-1)21-13-7-14-22(24-21)19-11-6-10-18(16-19)20-12-4-5-15-23-20;1-2-6-10(7-3-1)11-8-4-5-9-12-11;1-2;/h1-8,10-15H;1-6,8-9H;2H,1H3;/q-2;-1;;+3. The monoisotopic (exact) mass is 685 g/mol. The van der Waals surface area contributed by atoms with Crippen LogP contribution >= 0.6 is 0 Å². The predicted molar refractivity (Wildman–Crippen MR) is 153 cm³/mol. The Balaban J connectivity index is 0.000000237. The minimum absolute atomic E-state index is 0. The molecule has 0 saturated heterocycles. The second-order valence-electron chi connectivity index (χ2n) is 7.87. The second-order valence-corrected chi connectivity index (χ2v) is 7.87. The van der Waals surface area contributed by atoms with Crippen molar-refractivity contribution in [1.82, 2.24) is 15.0 Å². The summed E-state index contributed by atoms with van der Waals surface area (Å²) < 4.78 is 0. The molecule has 0 spiro atoms. The summed E-state index contributed by atoms with van der Waals surface area (Å²) >= 11 is 0. The quantitative estimate of drug-likeness (QED) is 0.199. The van der Waals surface area contributed by atoms with E-state index in [1.807, 2.05) is 121 Å². The Morgan fingerprint density at radius 1 is 0.462 bits per heavy atom. The first-order valence-electron chi connectivity index (χ1n) is 12.1. The van der Waals surface area contributed by atoms with Gasteiger partial charge in [-0.3, -0.25) is 4.98 Å². The molecule has 0 unspecified atom stereocenters. The maximum absolute atomic E-state index is 7.00. The van der Waals surface area contributed by atoms with Crippen LogP contribution in [0, 0.1) is 18.2 Å². The Kier molecular flexibility index (Phi) is 11.9. The van der Waals surface area contributed by atoms with Gasteiger partial charge in [0.05, 0.1) is 0 Å². The van der Waals surface area contributed by atoms with Gasteiger partial charge in [-0.15, -0.1) is 96.1 Å². The van der Waals surface area contributed by atoms with Crippen LogP contribution < -0.4 is 0 Å². The summed E-state index contributed by atoms with van der Waals surface area (Å²) in [6.07, 6.45) is 3.58. The summed E-state index contributed by atoms with van der Waals surface area (Å²) in [6, 6.07) is 49.3. The van der Waals surface area contributed by atoms with E-state index >= 15 is 0 Å². The Bertz CT molecular complexity index is 1400. The molecule has 192 valence electrons. The van der Waals surface area contributed by atoms with Gasteiger partial charge in [0, 0.05) is 25.2 Å². The number of rotatable bonds is 4. The zero-order valence-electron chi connectivity index (χ0n) is 21.3. The number of benzene rings is 3. The Morgan fingerprint density at radius 3 is 1.38 bits per heavy atom. The molecule has 0 atom stereocenters. The maximum atomic E-state index is 7.00. The summed E-state index contributed by atoms with van der Waals surface area (Å²) in [5, 5.41) is 7.00. The molecule has 3 heterocycles. The molecule has 4 nitrogen and oxygen atoms in total. The molecule has 0 radical (unpaired) electrons. The number of hydrogen-bond acceptors (Lipinski definition) is 4. The zero-order valence-corrected chi connectivity index (χ0v) is 23.7. The molecule has 39 heavy (non-hydrogen) atoms. The van der Waals surface area contributed by atoms with Gasteiger partial charge in [-0.1, -0.05) is 53.6 Å². The number of aliphatic hydroxyl groups is 1. The maximum Gasteiger partial charge on any atom is 3.00 e. The minimum Gasteiger partial charge on any atom is -0.400 e. The van der Waals surface area contributed by atoms with Gasteiger partial charge in [-0.05, 0) is 29.2 Å². The van der Waals surface area contributed by atoms with Gasteiger partial charge in [-0.2, -0.15) is 0 Å². The molecular formula is C34H26IrN3O. The van der Waals surface area contributed by atoms with E-state index in [2.05, 4.69) is 28.2 Å². The number of nitrogens with zero attached hydrogens (tertiary/aromatic N) is 3. The van der Waals surface area contributed by atoms with Crippen LogP contribution in [0.4, 0.5) is 0 Å². The SMILES string of the molecule is CO.[Ir+3].[c-]1ccccc1-c1cccc(-c2[c-]c(-c3ccccn3)ccc2)n1.[c-]1ccccc1-c1ccccn1. The predicted octanol–water partition coefficient (Wildman–Crippen LogP) is 7.23. The average Bonchev–Trinajstić information content (AvgIpc) is 3.04. The molecule has 0 saturated carbocycles. The van der Waals surface area contributed by atoms with Crippen molar-refractivity contribution in [2.45, 2.75) is 0 Å². The Morgan fingerprint density at radius 2 is 0.872 bits per heavy atom. The minimum atomic E-state index is 0. The van der Waals surface area contributed by atoms with Crippen molar-refractivity contribution in [3.8, 4) is 45.0 Å². The van der Waals surface area contributed by atoms with Gasteiger partial charge in [0.2, 0.25) is 0 Å². The first kappa shape index (κ1) is 29.3. The van der Waals surface area contributed by atoms with Crippen molar-refractivity contribution in [3.05, 3.63) is 152 Å². The zero-order chi connectivity index (χ0) is 26.4. The molecular weight excluding hydrogens is 659 g/mol. The molecule has 0 amide bonds. The third-order valence-corrected chi connectivity index (χ3v) is 5.40. The molecule has 0 aliphatic rings. The van der Waals surface area contributed by atoms with Crippen molar-refractivity contribution >= 4 is 0 Å². The van der Waals surface area contributed by atoms with Crippen LogP contribution in [0.1, 0.15) is 0 Å². The van der Waals surface area contributed by atoms with Gasteiger partial charge in [0.15, 0.2) is 0 Å². The van der Waals surface area contributed by atoms with E-state index in [-0.39, 0.29) is 20.1 Å². The fourth-order valence-corrected chi connectivity index (χ4v) is 3.65. The normalized spacial score (nSPS) is 9.59. The second kappa shape index (κ2) is 15.9. The number of aliphatic hydroxyl groups excluding tert-OH is 1. The van der Waals surface area contributed by atoms with Gasteiger partial charge in [0.25, 0.3) is 0 Å². The van der Waals surface area contributed by atoms with E-state index in [4.69, 9.17) is 10.1 Å². The summed E-state index contributed by atoms with van der Waals surface area (Å²) in [5.41, 5.74) is 7.62. The van der Waals surface area contributed by atoms with Crippen molar-refractivity contribution < 1.29 is 25.2 Å². The van der Waals surface area contributed by atoms with Crippen LogP contribution in [0.15, 0.2) is 134 Å². The van der Waals surface area contributed by atoms with Crippen molar-refractivity contribution in [3.63, 3.8) is 0 Å². The van der Waals surface area contributed by atoms with Gasteiger partial charge in [-0.25, -0.2) is 0 Å². The molecule has 0 fully saturated rings. The van der Waals surface area contributed by atoms with Gasteiger partial charge < -0.3 is 15.1 Å². The van der Waals surface area contributed by atoms with E-state index in [9.17, 15) is 0 Å². The number of pyridine rings is 3. The summed E-state index contributed by atoms with van der Waals surface area (Å²) in [4.78, 5) is 13.4. The van der Waals surface area contributed by atoms with Crippen LogP contribution in [0.5, 0.6) is 0 Å². The summed E-state index contributed by atoms with van der Waals surface area (Å²) in [7, 11) is 1.00. The Hall–Kier alpha value is -4.28. The van der Waals surface area contributed by atoms with E-state index in [0.717, 1.165) is 52.1 Å². The smallest absolute Gasteiger partial charge is 0.400 e. The van der Waals surface area contributed by atoms with Gasteiger partial charge in [0.1, 0.15) is 0 Å². The van der Waals surface area contributed by atoms with E-state index in [1.54, 1.807) is 12.4 Å². The van der Waals surface area contributed by atoms with E-state index < -0.39 is 0 Å². The summed E-state index contributed by atoms with van der Waals surface area (Å²) in [5.74, 6) is 0. The summed E-state index contributed by atoms with van der Waals surface area (Å²) in [6.45, 7) is 0. The number of hydrogen-bond donors (Lipinski definition) is 1. The number of aromatic nitrogens is 3. The van der Waals surface area contributed by atoms with Crippen LogP contribution in [-0.4, -0.2) is 27.2 Å². The van der Waals surface area contributed by atoms with Crippen molar-refractivity contribution in [1.29, 1.82) is 0 Å². The van der Waals surface area contributed by atoms with Crippen molar-refractivity contribution in [2.75, 3.05) is 7.11 Å². The first-order chi connectivity index (χ1) is 18.9. The van der Waals surface area contributed by atoms with Crippen LogP contribution in [0.2, 0.25) is 0 Å². The largest absolute Gasteiger partial charge is 3.00 e. The molecule has 3 aromatic heterocycles. The van der Waals surface area contributed by atoms with E-state index in [1.165, 1.54) is 0 Å². The molecule has 0 aliphatic heterocycles. The van der Waals surface area contributed by atoms with E-state index in [0.29, 0.717) is 0 Å². The third-order valence-electron chi connectivity index (χ3n) is 5.40. The fraction of sp³-hybridized carbons (Fsp3) is 0.0294. The van der Waals surface area contributed by atoms with Crippen LogP contribution in [0.3, 0.4) is 0 Å². The topological polar surface area (TPSA) is 58.9 Å².